The van der Waals surface area contributed by atoms with Crippen LogP contribution < -0.4 is 23.8 Å². The number of anilines is 1. The highest BCUT2D eigenvalue weighted by atomic mass is 16.5. The molecule has 3 aromatic carbocycles. The number of ether oxygens (including phenoxy) is 5. The first-order chi connectivity index (χ1) is 20.5. The van der Waals surface area contributed by atoms with Crippen LogP contribution in [0.2, 0.25) is 0 Å². The molecule has 0 amide bonds. The second-order valence-corrected chi connectivity index (χ2v) is 9.46. The number of azide groups is 1. The van der Waals surface area contributed by atoms with Crippen molar-refractivity contribution in [3.8, 4) is 23.0 Å². The van der Waals surface area contributed by atoms with Crippen molar-refractivity contribution in [3.05, 3.63) is 113 Å². The molecule has 4 aromatic rings. The molecule has 0 saturated heterocycles. The molecule has 0 aliphatic heterocycles. The van der Waals surface area contributed by atoms with E-state index < -0.39 is 18.2 Å². The van der Waals surface area contributed by atoms with Gasteiger partial charge in [-0.25, -0.2) is 9.97 Å². The molecule has 0 unspecified atom stereocenters. The fourth-order valence-electron chi connectivity index (χ4n) is 4.12. The summed E-state index contributed by atoms with van der Waals surface area (Å²) in [7, 11) is 6.91. The highest BCUT2D eigenvalue weighted by Gasteiger charge is 2.35. The van der Waals surface area contributed by atoms with Gasteiger partial charge in [-0.3, -0.25) is 0 Å². The Morgan fingerprint density at radius 3 is 1.86 bits per heavy atom. The molecule has 0 fully saturated rings. The maximum absolute atomic E-state index is 9.58. The molecule has 1 aromatic heterocycles. The van der Waals surface area contributed by atoms with Gasteiger partial charge in [-0.2, -0.15) is 0 Å². The van der Waals surface area contributed by atoms with E-state index in [1.165, 1.54) is 0 Å². The van der Waals surface area contributed by atoms with Crippen LogP contribution in [0, 0.1) is 0 Å². The number of aromatic nitrogens is 2. The summed E-state index contributed by atoms with van der Waals surface area (Å²) in [6, 6.07) is 23.3. The van der Waals surface area contributed by atoms with Crippen molar-refractivity contribution in [3.63, 3.8) is 0 Å². The Bertz CT molecular complexity index is 1410. The summed E-state index contributed by atoms with van der Waals surface area (Å²) in [5.41, 5.74) is 11.2. The predicted octanol–water partition coefficient (Wildman–Crippen LogP) is 6.02. The molecule has 0 bridgehead atoms. The second-order valence-electron chi connectivity index (χ2n) is 9.46. The minimum Gasteiger partial charge on any atom is -0.497 e. The van der Waals surface area contributed by atoms with Crippen LogP contribution in [-0.4, -0.2) is 57.0 Å². The first-order valence-electron chi connectivity index (χ1n) is 13.3. The average Bonchev–Trinajstić information content (AvgIpc) is 3.03. The molecule has 3 atom stereocenters. The summed E-state index contributed by atoms with van der Waals surface area (Å²) in [5.74, 6) is 2.97. The van der Waals surface area contributed by atoms with E-state index in [0.717, 1.165) is 5.56 Å². The number of rotatable bonds is 15. The summed E-state index contributed by atoms with van der Waals surface area (Å²) in [5, 5.41) is 4.10. The lowest BCUT2D eigenvalue weighted by molar-refractivity contribution is 0.00393. The molecule has 11 heteroatoms. The van der Waals surface area contributed by atoms with Gasteiger partial charge in [0, 0.05) is 37.0 Å². The van der Waals surface area contributed by atoms with Crippen LogP contribution in [0.25, 0.3) is 10.4 Å². The van der Waals surface area contributed by atoms with E-state index in [2.05, 4.69) is 20.0 Å². The smallest absolute Gasteiger partial charge is 0.224 e. The number of hydrogen-bond donors (Lipinski definition) is 0. The number of methoxy groups -OCH3 is 2. The monoisotopic (exact) mass is 570 g/mol. The average molecular weight is 571 g/mol. The van der Waals surface area contributed by atoms with E-state index in [-0.39, 0.29) is 6.61 Å². The number of benzene rings is 3. The van der Waals surface area contributed by atoms with Crippen molar-refractivity contribution in [2.75, 3.05) is 39.8 Å². The fraction of sp³-hybridized carbons (Fsp3) is 0.290. The normalized spacial score (nSPS) is 12.8. The van der Waals surface area contributed by atoms with E-state index in [1.807, 2.05) is 44.4 Å². The summed E-state index contributed by atoms with van der Waals surface area (Å²) in [6.07, 6.45) is 1.71. The van der Waals surface area contributed by atoms with Crippen LogP contribution in [-0.2, 0) is 11.3 Å². The molecular weight excluding hydrogens is 536 g/mol. The first-order valence-corrected chi connectivity index (χ1v) is 13.3. The first kappa shape index (κ1) is 30.0. The van der Waals surface area contributed by atoms with E-state index in [0.29, 0.717) is 41.1 Å². The van der Waals surface area contributed by atoms with Gasteiger partial charge in [-0.05, 0) is 59.6 Å². The maximum atomic E-state index is 9.58. The van der Waals surface area contributed by atoms with Crippen molar-refractivity contribution in [2.24, 2.45) is 5.11 Å². The largest absolute Gasteiger partial charge is 0.497 e. The molecule has 11 nitrogen and oxygen atoms in total. The molecule has 0 saturated carbocycles. The molecule has 0 aliphatic carbocycles. The highest BCUT2D eigenvalue weighted by molar-refractivity contribution is 5.34. The second kappa shape index (κ2) is 15.1. The molecule has 1 heterocycles. The van der Waals surface area contributed by atoms with Crippen molar-refractivity contribution < 1.29 is 23.7 Å². The van der Waals surface area contributed by atoms with Crippen molar-refractivity contribution in [1.29, 1.82) is 0 Å². The lowest BCUT2D eigenvalue weighted by Gasteiger charge is -2.32. The van der Waals surface area contributed by atoms with Gasteiger partial charge in [0.15, 0.2) is 12.2 Å². The Hall–Kier alpha value is -4.99. The van der Waals surface area contributed by atoms with Crippen LogP contribution in [0.4, 0.5) is 5.95 Å². The summed E-state index contributed by atoms with van der Waals surface area (Å²) >= 11 is 0. The lowest BCUT2D eigenvalue weighted by Crippen LogP contribution is -2.41. The molecular formula is C31H34N6O5. The van der Waals surface area contributed by atoms with Crippen LogP contribution >= 0.6 is 0 Å². The van der Waals surface area contributed by atoms with Gasteiger partial charge in [0.05, 0.1) is 27.4 Å². The summed E-state index contributed by atoms with van der Waals surface area (Å²) in [4.78, 5) is 13.9. The standard InChI is InChI=1S/C31H34N6O5/c1-37(2)31-33-18-23(19-34-31)29(41-26-14-10-24(38-3)11-15-26)30(42-27-16-12-25(39-4)13-17-27)28(35-36-32)21-40-20-22-8-6-5-7-9-22/h5-19,28-30H,20-21H2,1-4H3/t28-,29+,30+/m0/s1. The Morgan fingerprint density at radius 2 is 1.33 bits per heavy atom. The third kappa shape index (κ3) is 8.26. The zero-order valence-electron chi connectivity index (χ0n) is 24.0. The fourth-order valence-corrected chi connectivity index (χ4v) is 4.12. The van der Waals surface area contributed by atoms with Gasteiger partial charge in [-0.1, -0.05) is 35.4 Å². The Morgan fingerprint density at radius 1 is 0.786 bits per heavy atom. The van der Waals surface area contributed by atoms with E-state index >= 15 is 0 Å². The van der Waals surface area contributed by atoms with Crippen molar-refractivity contribution in [1.82, 2.24) is 9.97 Å². The Kier molecular flexibility index (Phi) is 10.8. The quantitative estimate of drug-likeness (QED) is 0.0965. The van der Waals surface area contributed by atoms with Crippen molar-refractivity contribution >= 4 is 5.95 Å². The zero-order valence-corrected chi connectivity index (χ0v) is 24.0. The van der Waals surface area contributed by atoms with Gasteiger partial charge < -0.3 is 28.6 Å². The van der Waals surface area contributed by atoms with E-state index in [1.54, 1.807) is 80.0 Å². The Balaban J connectivity index is 1.72. The van der Waals surface area contributed by atoms with Crippen LogP contribution in [0.5, 0.6) is 23.0 Å². The predicted molar refractivity (Wildman–Crippen MR) is 159 cm³/mol. The minimum absolute atomic E-state index is 0.0683. The van der Waals surface area contributed by atoms with Crippen LogP contribution in [0.1, 0.15) is 17.2 Å². The number of hydrogen-bond acceptors (Lipinski definition) is 9. The zero-order chi connectivity index (χ0) is 29.7. The third-order valence-corrected chi connectivity index (χ3v) is 6.32. The van der Waals surface area contributed by atoms with Gasteiger partial charge in [0.1, 0.15) is 29.0 Å². The minimum atomic E-state index is -0.846. The summed E-state index contributed by atoms with van der Waals surface area (Å²) < 4.78 is 29.7. The molecule has 0 spiro atoms. The van der Waals surface area contributed by atoms with Crippen LogP contribution in [0.15, 0.2) is 96.4 Å². The van der Waals surface area contributed by atoms with Gasteiger partial charge in [-0.15, -0.1) is 0 Å². The van der Waals surface area contributed by atoms with E-state index in [4.69, 9.17) is 23.7 Å². The topological polar surface area (TPSA) is 124 Å². The molecule has 4 rings (SSSR count). The maximum Gasteiger partial charge on any atom is 0.224 e. The summed E-state index contributed by atoms with van der Waals surface area (Å²) in [6.45, 7) is 0.400. The molecule has 42 heavy (non-hydrogen) atoms. The molecule has 0 aliphatic rings. The van der Waals surface area contributed by atoms with Crippen LogP contribution in [0.3, 0.4) is 0 Å². The number of nitrogens with zero attached hydrogens (tertiary/aromatic N) is 6. The van der Waals surface area contributed by atoms with Gasteiger partial charge >= 0.3 is 0 Å². The lowest BCUT2D eigenvalue weighted by atomic mass is 10.0. The molecule has 0 N–H and O–H groups in total. The molecule has 0 radical (unpaired) electrons. The highest BCUT2D eigenvalue weighted by Crippen LogP contribution is 2.32. The SMILES string of the molecule is COc1ccc(O[C@H]([C@H](COCc2ccccc2)N=[N+]=[N-])[C@H](Oc2ccc(OC)cc2)c2cnc(N(C)C)nc2)cc1. The third-order valence-electron chi connectivity index (χ3n) is 6.32. The Labute approximate surface area is 245 Å². The van der Waals surface area contributed by atoms with Crippen molar-refractivity contribution in [2.45, 2.75) is 24.9 Å². The van der Waals surface area contributed by atoms with E-state index in [9.17, 15) is 5.53 Å². The molecule has 218 valence electrons. The van der Waals surface area contributed by atoms with Gasteiger partial charge in [0.2, 0.25) is 5.95 Å². The van der Waals surface area contributed by atoms with Gasteiger partial charge in [0.25, 0.3) is 0 Å².